The molecule has 4 heteroatoms. The molecule has 66 valence electrons. The van der Waals surface area contributed by atoms with E-state index in [9.17, 15) is 4.79 Å². The summed E-state index contributed by atoms with van der Waals surface area (Å²) in [6.45, 7) is -0.00528. The van der Waals surface area contributed by atoms with E-state index in [1.54, 1.807) is 29.4 Å². The molecule has 2 rings (SSSR count). The Morgan fingerprint density at radius 1 is 1.46 bits per heavy atom. The molecule has 13 heavy (non-hydrogen) atoms. The van der Waals surface area contributed by atoms with Crippen molar-refractivity contribution >= 4 is 16.7 Å². The summed E-state index contributed by atoms with van der Waals surface area (Å²) in [6.07, 6.45) is 6.97. The number of aromatic nitrogens is 2. The topological polar surface area (TPSA) is 55.1 Å². The maximum absolute atomic E-state index is 10.4. The number of pyridine rings is 1. The number of hydrogen-bond donors (Lipinski definition) is 1. The van der Waals surface area contributed by atoms with Crippen molar-refractivity contribution in [2.45, 2.75) is 6.54 Å². The summed E-state index contributed by atoms with van der Waals surface area (Å²) in [7, 11) is 0. The summed E-state index contributed by atoms with van der Waals surface area (Å²) < 4.78 is 1.63. The first-order chi connectivity index (χ1) is 6.25. The minimum Gasteiger partial charge on any atom is -0.480 e. The minimum atomic E-state index is -0.840. The van der Waals surface area contributed by atoms with E-state index in [1.807, 2.05) is 6.07 Å². The van der Waals surface area contributed by atoms with Crippen LogP contribution in [0.5, 0.6) is 0 Å². The van der Waals surface area contributed by atoms with Crippen molar-refractivity contribution in [3.8, 4) is 0 Å². The molecule has 0 fully saturated rings. The Hall–Kier alpha value is -1.84. The van der Waals surface area contributed by atoms with Crippen molar-refractivity contribution < 1.29 is 9.90 Å². The highest BCUT2D eigenvalue weighted by Crippen LogP contribution is 2.12. The second-order valence-electron chi connectivity index (χ2n) is 2.83. The molecule has 0 amide bonds. The van der Waals surface area contributed by atoms with Crippen molar-refractivity contribution in [2.75, 3.05) is 0 Å². The molecule has 0 saturated carbocycles. The Morgan fingerprint density at radius 3 is 2.92 bits per heavy atom. The number of rotatable bonds is 2. The number of carboxylic acids is 1. The van der Waals surface area contributed by atoms with Gasteiger partial charge < -0.3 is 9.67 Å². The Kier molecular flexibility index (Phi) is 1.73. The third-order valence-corrected chi connectivity index (χ3v) is 1.81. The molecule has 0 spiro atoms. The highest BCUT2D eigenvalue weighted by molar-refractivity contribution is 5.81. The van der Waals surface area contributed by atoms with E-state index >= 15 is 0 Å². The van der Waals surface area contributed by atoms with E-state index in [0.717, 1.165) is 10.8 Å². The molecule has 0 aromatic carbocycles. The molecule has 0 bridgehead atoms. The number of nitrogens with zero attached hydrogens (tertiary/aromatic N) is 2. The fraction of sp³-hybridized carbons (Fsp3) is 0.111. The summed E-state index contributed by atoms with van der Waals surface area (Å²) >= 11 is 0. The molecule has 0 aliphatic rings. The molecule has 4 nitrogen and oxygen atoms in total. The first-order valence-corrected chi connectivity index (χ1v) is 3.87. The zero-order chi connectivity index (χ0) is 9.26. The van der Waals surface area contributed by atoms with Crippen LogP contribution >= 0.6 is 0 Å². The van der Waals surface area contributed by atoms with Crippen LogP contribution in [0.15, 0.2) is 30.9 Å². The summed E-state index contributed by atoms with van der Waals surface area (Å²) in [6, 6.07) is 1.85. The van der Waals surface area contributed by atoms with Crippen LogP contribution in [0.2, 0.25) is 0 Å². The standard InChI is InChI=1S/C9H8N2O2/c12-9(13)6-11-4-7-1-2-10-3-8(7)5-11/h1-5H,6H2,(H,12,13). The van der Waals surface area contributed by atoms with Crippen LogP contribution in [0.3, 0.4) is 0 Å². The Morgan fingerprint density at radius 2 is 2.23 bits per heavy atom. The lowest BCUT2D eigenvalue weighted by Crippen LogP contribution is -2.05. The molecule has 1 N–H and O–H groups in total. The van der Waals surface area contributed by atoms with Gasteiger partial charge in [-0.15, -0.1) is 0 Å². The molecule has 2 heterocycles. The van der Waals surface area contributed by atoms with E-state index in [2.05, 4.69) is 4.98 Å². The molecule has 0 aliphatic heterocycles. The van der Waals surface area contributed by atoms with E-state index in [-0.39, 0.29) is 6.54 Å². The van der Waals surface area contributed by atoms with Gasteiger partial charge >= 0.3 is 5.97 Å². The van der Waals surface area contributed by atoms with Crippen molar-refractivity contribution in [3.05, 3.63) is 30.9 Å². The lowest BCUT2D eigenvalue weighted by Gasteiger charge is -1.93. The average molecular weight is 176 g/mol. The first kappa shape index (κ1) is 7.79. The Bertz CT molecular complexity index is 415. The van der Waals surface area contributed by atoms with Crippen LogP contribution in [0.4, 0.5) is 0 Å². The van der Waals surface area contributed by atoms with Gasteiger partial charge in [0.25, 0.3) is 0 Å². The molecular formula is C9H8N2O2. The normalized spacial score (nSPS) is 10.5. The van der Waals surface area contributed by atoms with Crippen LogP contribution in [-0.4, -0.2) is 20.6 Å². The van der Waals surface area contributed by atoms with Crippen molar-refractivity contribution in [3.63, 3.8) is 0 Å². The molecule has 2 aromatic heterocycles. The lowest BCUT2D eigenvalue weighted by molar-refractivity contribution is -0.137. The Labute approximate surface area is 74.4 Å². The van der Waals surface area contributed by atoms with Crippen LogP contribution in [-0.2, 0) is 11.3 Å². The molecule has 2 aromatic rings. The quantitative estimate of drug-likeness (QED) is 0.746. The highest BCUT2D eigenvalue weighted by Gasteiger charge is 2.01. The zero-order valence-electron chi connectivity index (χ0n) is 6.84. The van der Waals surface area contributed by atoms with Gasteiger partial charge in [-0.2, -0.15) is 0 Å². The third-order valence-electron chi connectivity index (χ3n) is 1.81. The van der Waals surface area contributed by atoms with E-state index in [0.29, 0.717) is 0 Å². The van der Waals surface area contributed by atoms with E-state index < -0.39 is 5.97 Å². The summed E-state index contributed by atoms with van der Waals surface area (Å²) in [5.74, 6) is -0.840. The molecular weight excluding hydrogens is 168 g/mol. The van der Waals surface area contributed by atoms with Gasteiger partial charge in [0.15, 0.2) is 0 Å². The number of aliphatic carboxylic acids is 1. The lowest BCUT2D eigenvalue weighted by atomic mass is 10.3. The average Bonchev–Trinajstić information content (AvgIpc) is 2.44. The maximum atomic E-state index is 10.4. The van der Waals surface area contributed by atoms with E-state index in [1.165, 1.54) is 0 Å². The summed E-state index contributed by atoms with van der Waals surface area (Å²) in [5.41, 5.74) is 0. The second kappa shape index (κ2) is 2.90. The van der Waals surface area contributed by atoms with Crippen LogP contribution < -0.4 is 0 Å². The fourth-order valence-electron chi connectivity index (χ4n) is 1.28. The third kappa shape index (κ3) is 1.51. The van der Waals surface area contributed by atoms with Crippen molar-refractivity contribution in [1.82, 2.24) is 9.55 Å². The number of carboxylic acid groups (broad SMARTS) is 1. The van der Waals surface area contributed by atoms with Gasteiger partial charge in [0, 0.05) is 35.6 Å². The zero-order valence-corrected chi connectivity index (χ0v) is 6.84. The SMILES string of the molecule is O=C(O)Cn1cc2ccncc2c1. The number of hydrogen-bond acceptors (Lipinski definition) is 2. The predicted octanol–water partition coefficient (Wildman–Crippen LogP) is 1.12. The molecule has 0 radical (unpaired) electrons. The van der Waals surface area contributed by atoms with Crippen molar-refractivity contribution in [2.24, 2.45) is 0 Å². The van der Waals surface area contributed by atoms with Gasteiger partial charge in [0.2, 0.25) is 0 Å². The van der Waals surface area contributed by atoms with Gasteiger partial charge in [-0.05, 0) is 6.07 Å². The van der Waals surface area contributed by atoms with Gasteiger partial charge in [-0.3, -0.25) is 9.78 Å². The number of carbonyl (C=O) groups is 1. The van der Waals surface area contributed by atoms with Gasteiger partial charge in [-0.1, -0.05) is 0 Å². The largest absolute Gasteiger partial charge is 0.480 e. The van der Waals surface area contributed by atoms with E-state index in [4.69, 9.17) is 5.11 Å². The molecule has 0 atom stereocenters. The van der Waals surface area contributed by atoms with Gasteiger partial charge in [0.05, 0.1) is 0 Å². The summed E-state index contributed by atoms with van der Waals surface area (Å²) in [4.78, 5) is 14.4. The monoisotopic (exact) mass is 176 g/mol. The summed E-state index contributed by atoms with van der Waals surface area (Å²) in [5, 5.41) is 10.5. The van der Waals surface area contributed by atoms with Crippen molar-refractivity contribution in [1.29, 1.82) is 0 Å². The highest BCUT2D eigenvalue weighted by atomic mass is 16.4. The second-order valence-corrected chi connectivity index (χ2v) is 2.83. The van der Waals surface area contributed by atoms with Crippen LogP contribution in [0, 0.1) is 0 Å². The molecule has 0 aliphatic carbocycles. The van der Waals surface area contributed by atoms with Gasteiger partial charge in [-0.25, -0.2) is 0 Å². The molecule has 0 saturated heterocycles. The van der Waals surface area contributed by atoms with Crippen LogP contribution in [0.1, 0.15) is 0 Å². The van der Waals surface area contributed by atoms with Gasteiger partial charge in [0.1, 0.15) is 6.54 Å². The maximum Gasteiger partial charge on any atom is 0.323 e. The smallest absolute Gasteiger partial charge is 0.323 e. The van der Waals surface area contributed by atoms with Crippen LogP contribution in [0.25, 0.3) is 10.8 Å². The fourth-order valence-corrected chi connectivity index (χ4v) is 1.28. The number of fused-ring (bicyclic) bond motifs is 1. The Balaban J connectivity index is 2.44. The molecule has 0 unspecified atom stereocenters. The predicted molar refractivity (Wildman–Crippen MR) is 47.4 cm³/mol. The minimum absolute atomic E-state index is 0.00528. The first-order valence-electron chi connectivity index (χ1n) is 3.87.